The van der Waals surface area contributed by atoms with Crippen molar-refractivity contribution in [1.82, 2.24) is 4.98 Å². The van der Waals surface area contributed by atoms with E-state index >= 15 is 0 Å². The second-order valence-electron chi connectivity index (χ2n) is 5.62. The fourth-order valence-electron chi connectivity index (χ4n) is 2.65. The lowest BCUT2D eigenvalue weighted by Crippen LogP contribution is -2.23. The van der Waals surface area contributed by atoms with Crippen LogP contribution in [-0.4, -0.2) is 12.1 Å². The van der Waals surface area contributed by atoms with E-state index in [9.17, 15) is 4.39 Å². The van der Waals surface area contributed by atoms with Crippen molar-refractivity contribution in [2.75, 3.05) is 12.0 Å². The summed E-state index contributed by atoms with van der Waals surface area (Å²) in [7, 11) is 1.54. The minimum absolute atomic E-state index is 0.146. The molecule has 0 atom stereocenters. The van der Waals surface area contributed by atoms with E-state index in [2.05, 4.69) is 25.8 Å². The molecular weight excluding hydrogens is 383 g/mol. The molecule has 0 spiro atoms. The van der Waals surface area contributed by atoms with E-state index in [-0.39, 0.29) is 4.60 Å². The first-order valence-electron chi connectivity index (χ1n) is 7.90. The molecule has 0 aliphatic carbocycles. The normalized spacial score (nSPS) is 10.5. The maximum atomic E-state index is 14.1. The molecule has 0 fully saturated rings. The van der Waals surface area contributed by atoms with Crippen LogP contribution in [0.3, 0.4) is 0 Å². The van der Waals surface area contributed by atoms with Crippen LogP contribution in [-0.2, 0) is 13.1 Å². The van der Waals surface area contributed by atoms with Crippen LogP contribution in [0.5, 0.6) is 5.88 Å². The molecule has 0 aliphatic heterocycles. The number of ether oxygens (including phenoxy) is 1. The fourth-order valence-corrected chi connectivity index (χ4v) is 2.93. The van der Waals surface area contributed by atoms with Gasteiger partial charge < -0.3 is 9.64 Å². The quantitative estimate of drug-likeness (QED) is 0.531. The Morgan fingerprint density at radius 3 is 1.96 bits per heavy atom. The fraction of sp³-hybridized carbons (Fsp3) is 0.150. The summed E-state index contributed by atoms with van der Waals surface area (Å²) in [6.07, 6.45) is 0. The number of aromatic nitrogens is 1. The predicted molar refractivity (Wildman–Crippen MR) is 101 cm³/mol. The van der Waals surface area contributed by atoms with E-state index in [0.29, 0.717) is 24.7 Å². The lowest BCUT2D eigenvalue weighted by molar-refractivity contribution is 0.394. The van der Waals surface area contributed by atoms with Crippen molar-refractivity contribution in [2.24, 2.45) is 0 Å². The molecule has 5 heteroatoms. The second-order valence-corrected chi connectivity index (χ2v) is 6.37. The third-order valence-corrected chi connectivity index (χ3v) is 4.40. The lowest BCUT2D eigenvalue weighted by Gasteiger charge is -2.26. The molecule has 1 heterocycles. The van der Waals surface area contributed by atoms with Gasteiger partial charge in [0.15, 0.2) is 5.82 Å². The van der Waals surface area contributed by atoms with Crippen LogP contribution >= 0.6 is 15.9 Å². The minimum atomic E-state index is -0.415. The molecule has 25 heavy (non-hydrogen) atoms. The van der Waals surface area contributed by atoms with Gasteiger partial charge in [0, 0.05) is 19.2 Å². The lowest BCUT2D eigenvalue weighted by atomic mass is 10.1. The maximum Gasteiger partial charge on any atom is 0.238 e. The topological polar surface area (TPSA) is 25.4 Å². The van der Waals surface area contributed by atoms with Crippen LogP contribution < -0.4 is 9.64 Å². The molecule has 0 radical (unpaired) electrons. The first kappa shape index (κ1) is 17.4. The van der Waals surface area contributed by atoms with Gasteiger partial charge in [0.25, 0.3) is 0 Å². The molecule has 2 aromatic carbocycles. The van der Waals surface area contributed by atoms with Crippen LogP contribution in [0.1, 0.15) is 11.1 Å². The largest absolute Gasteiger partial charge is 0.479 e. The molecule has 0 N–H and O–H groups in total. The van der Waals surface area contributed by atoms with Crippen molar-refractivity contribution in [3.05, 3.63) is 88.3 Å². The molecule has 3 nitrogen and oxygen atoms in total. The Balaban J connectivity index is 2.00. The van der Waals surface area contributed by atoms with Gasteiger partial charge in [-0.25, -0.2) is 9.37 Å². The van der Waals surface area contributed by atoms with Gasteiger partial charge in [0.1, 0.15) is 10.3 Å². The van der Waals surface area contributed by atoms with Crippen molar-refractivity contribution in [3.63, 3.8) is 0 Å². The summed E-state index contributed by atoms with van der Waals surface area (Å²) in [6.45, 7) is 1.24. The number of nitrogens with zero attached hydrogens (tertiary/aromatic N) is 2. The van der Waals surface area contributed by atoms with Crippen LogP contribution in [0.15, 0.2) is 71.3 Å². The Hall–Kier alpha value is -2.40. The Kier molecular flexibility index (Phi) is 5.66. The van der Waals surface area contributed by atoms with Crippen molar-refractivity contribution in [3.8, 4) is 5.88 Å². The molecular formula is C20H18BrFN2O. The van der Waals surface area contributed by atoms with Gasteiger partial charge in [-0.1, -0.05) is 60.7 Å². The van der Waals surface area contributed by atoms with Gasteiger partial charge in [0.05, 0.1) is 7.11 Å². The van der Waals surface area contributed by atoms with Gasteiger partial charge in [0.2, 0.25) is 5.88 Å². The number of hydrogen-bond acceptors (Lipinski definition) is 3. The number of methoxy groups -OCH3 is 1. The zero-order valence-corrected chi connectivity index (χ0v) is 15.4. The standard InChI is InChI=1S/C20H18BrFN2O/c1-25-20-18(12-17(22)19(21)23-20)24(13-15-8-4-2-5-9-15)14-16-10-6-3-7-11-16/h2-12H,13-14H2,1H3. The van der Waals surface area contributed by atoms with E-state index < -0.39 is 5.82 Å². The Morgan fingerprint density at radius 1 is 0.960 bits per heavy atom. The third-order valence-electron chi connectivity index (χ3n) is 3.85. The number of pyridine rings is 1. The first-order valence-corrected chi connectivity index (χ1v) is 8.69. The molecule has 0 saturated carbocycles. The number of hydrogen-bond donors (Lipinski definition) is 0. The zero-order chi connectivity index (χ0) is 17.6. The Morgan fingerprint density at radius 2 is 1.48 bits per heavy atom. The number of rotatable bonds is 6. The summed E-state index contributed by atoms with van der Waals surface area (Å²) < 4.78 is 19.7. The van der Waals surface area contributed by atoms with Crippen molar-refractivity contribution < 1.29 is 9.13 Å². The van der Waals surface area contributed by atoms with E-state index in [1.807, 2.05) is 60.7 Å². The average Bonchev–Trinajstić information content (AvgIpc) is 2.65. The van der Waals surface area contributed by atoms with Gasteiger partial charge in [-0.3, -0.25) is 0 Å². The highest BCUT2D eigenvalue weighted by atomic mass is 79.9. The van der Waals surface area contributed by atoms with Gasteiger partial charge in [-0.05, 0) is 27.1 Å². The number of anilines is 1. The van der Waals surface area contributed by atoms with Crippen LogP contribution in [0, 0.1) is 5.82 Å². The number of halogens is 2. The zero-order valence-electron chi connectivity index (χ0n) is 13.8. The molecule has 3 aromatic rings. The first-order chi connectivity index (χ1) is 12.2. The van der Waals surface area contributed by atoms with E-state index in [4.69, 9.17) is 4.74 Å². The van der Waals surface area contributed by atoms with Crippen LogP contribution in [0.25, 0.3) is 0 Å². The summed E-state index contributed by atoms with van der Waals surface area (Å²) in [5, 5.41) is 0. The smallest absolute Gasteiger partial charge is 0.238 e. The predicted octanol–water partition coefficient (Wildman–Crippen LogP) is 5.20. The molecule has 0 aliphatic rings. The van der Waals surface area contributed by atoms with E-state index in [1.54, 1.807) is 7.11 Å². The average molecular weight is 401 g/mol. The molecule has 0 unspecified atom stereocenters. The Labute approximate surface area is 155 Å². The molecule has 0 bridgehead atoms. The van der Waals surface area contributed by atoms with Gasteiger partial charge in [-0.2, -0.15) is 0 Å². The highest BCUT2D eigenvalue weighted by molar-refractivity contribution is 9.10. The summed E-state index contributed by atoms with van der Waals surface area (Å²) in [6, 6.07) is 21.6. The van der Waals surface area contributed by atoms with Crippen molar-refractivity contribution in [1.29, 1.82) is 0 Å². The maximum absolute atomic E-state index is 14.1. The van der Waals surface area contributed by atoms with Crippen molar-refractivity contribution >= 4 is 21.6 Å². The highest BCUT2D eigenvalue weighted by Crippen LogP contribution is 2.32. The van der Waals surface area contributed by atoms with E-state index in [0.717, 1.165) is 11.1 Å². The van der Waals surface area contributed by atoms with Gasteiger partial charge in [-0.15, -0.1) is 0 Å². The number of benzene rings is 2. The monoisotopic (exact) mass is 400 g/mol. The molecule has 3 rings (SSSR count). The Bertz CT molecular complexity index is 786. The molecule has 0 saturated heterocycles. The molecule has 128 valence electrons. The summed E-state index contributed by atoms with van der Waals surface area (Å²) in [4.78, 5) is 6.23. The molecule has 0 amide bonds. The second kappa shape index (κ2) is 8.12. The summed E-state index contributed by atoms with van der Waals surface area (Å²) in [5.74, 6) is -0.0259. The third kappa shape index (κ3) is 4.37. The highest BCUT2D eigenvalue weighted by Gasteiger charge is 2.18. The summed E-state index contributed by atoms with van der Waals surface area (Å²) in [5.41, 5.74) is 2.88. The van der Waals surface area contributed by atoms with Gasteiger partial charge >= 0.3 is 0 Å². The molecule has 1 aromatic heterocycles. The SMILES string of the molecule is COc1nc(Br)c(F)cc1N(Cc1ccccc1)Cc1ccccc1. The minimum Gasteiger partial charge on any atom is -0.479 e. The van der Waals surface area contributed by atoms with Crippen LogP contribution in [0.2, 0.25) is 0 Å². The van der Waals surface area contributed by atoms with E-state index in [1.165, 1.54) is 6.07 Å². The summed E-state index contributed by atoms with van der Waals surface area (Å²) >= 11 is 3.12. The van der Waals surface area contributed by atoms with Crippen molar-refractivity contribution in [2.45, 2.75) is 13.1 Å². The van der Waals surface area contributed by atoms with Crippen LogP contribution in [0.4, 0.5) is 10.1 Å².